The van der Waals surface area contributed by atoms with E-state index >= 15 is 0 Å². The number of primary amides is 1. The van der Waals surface area contributed by atoms with Gasteiger partial charge in [0.1, 0.15) is 5.82 Å². The molecule has 0 bridgehead atoms. The SMILES string of the molecule is CC(=O)N1CCN(c2cccc(Nc3ncc(C(N)=O)c(NCCC#N)n3)c2)CC1. The quantitative estimate of drug-likeness (QED) is 0.583. The van der Waals surface area contributed by atoms with Gasteiger partial charge < -0.3 is 26.2 Å². The summed E-state index contributed by atoms with van der Waals surface area (Å²) in [5, 5.41) is 14.8. The molecule has 4 N–H and O–H groups in total. The topological polar surface area (TPSA) is 140 Å². The third kappa shape index (κ3) is 5.14. The summed E-state index contributed by atoms with van der Waals surface area (Å²) >= 11 is 0. The Morgan fingerprint density at radius 3 is 2.70 bits per heavy atom. The minimum atomic E-state index is -0.646. The zero-order valence-electron chi connectivity index (χ0n) is 16.8. The molecule has 1 fully saturated rings. The summed E-state index contributed by atoms with van der Waals surface area (Å²) < 4.78 is 0. The number of hydrogen-bond donors (Lipinski definition) is 3. The fraction of sp³-hybridized carbons (Fsp3) is 0.350. The van der Waals surface area contributed by atoms with E-state index in [4.69, 9.17) is 11.0 Å². The molecule has 2 heterocycles. The Morgan fingerprint density at radius 2 is 2.03 bits per heavy atom. The van der Waals surface area contributed by atoms with E-state index in [1.165, 1.54) is 6.20 Å². The summed E-state index contributed by atoms with van der Waals surface area (Å²) in [4.78, 5) is 35.7. The van der Waals surface area contributed by atoms with Crippen LogP contribution in [0.25, 0.3) is 0 Å². The van der Waals surface area contributed by atoms with Gasteiger partial charge in [-0.25, -0.2) is 4.98 Å². The molecule has 0 unspecified atom stereocenters. The van der Waals surface area contributed by atoms with E-state index in [-0.39, 0.29) is 23.7 Å². The molecule has 2 aromatic rings. The summed E-state index contributed by atoms with van der Waals surface area (Å²) in [5.74, 6) is 0.0401. The smallest absolute Gasteiger partial charge is 0.254 e. The molecule has 3 rings (SSSR count). The molecule has 10 nitrogen and oxygen atoms in total. The molecule has 0 aliphatic carbocycles. The number of nitrogens with one attached hydrogen (secondary N) is 2. The number of carbonyl (C=O) groups excluding carboxylic acids is 2. The second-order valence-corrected chi connectivity index (χ2v) is 6.82. The fourth-order valence-electron chi connectivity index (χ4n) is 3.18. The predicted octanol–water partition coefficient (Wildman–Crippen LogP) is 1.31. The van der Waals surface area contributed by atoms with Crippen molar-refractivity contribution in [1.82, 2.24) is 14.9 Å². The van der Waals surface area contributed by atoms with Crippen molar-refractivity contribution in [2.24, 2.45) is 5.73 Å². The number of anilines is 4. The maximum absolute atomic E-state index is 11.6. The molecule has 1 aromatic carbocycles. The maximum atomic E-state index is 11.6. The van der Waals surface area contributed by atoms with Crippen LogP contribution in [0.1, 0.15) is 23.7 Å². The monoisotopic (exact) mass is 408 g/mol. The van der Waals surface area contributed by atoms with E-state index < -0.39 is 5.91 Å². The van der Waals surface area contributed by atoms with E-state index in [1.807, 2.05) is 35.2 Å². The minimum absolute atomic E-state index is 0.0980. The van der Waals surface area contributed by atoms with E-state index in [2.05, 4.69) is 25.5 Å². The predicted molar refractivity (Wildman–Crippen MR) is 113 cm³/mol. The molecule has 0 atom stereocenters. The highest BCUT2D eigenvalue weighted by Gasteiger charge is 2.19. The van der Waals surface area contributed by atoms with Crippen LogP contribution in [0.2, 0.25) is 0 Å². The number of benzene rings is 1. The molecule has 1 aromatic heterocycles. The van der Waals surface area contributed by atoms with Gasteiger partial charge in [0.25, 0.3) is 5.91 Å². The second-order valence-electron chi connectivity index (χ2n) is 6.82. The number of piperazine rings is 1. The van der Waals surface area contributed by atoms with Crippen molar-refractivity contribution in [3.8, 4) is 6.07 Å². The van der Waals surface area contributed by atoms with Crippen molar-refractivity contribution in [1.29, 1.82) is 5.26 Å². The lowest BCUT2D eigenvalue weighted by Gasteiger charge is -2.35. The zero-order chi connectivity index (χ0) is 21.5. The van der Waals surface area contributed by atoms with Gasteiger partial charge in [0.15, 0.2) is 0 Å². The highest BCUT2D eigenvalue weighted by atomic mass is 16.2. The molecule has 30 heavy (non-hydrogen) atoms. The lowest BCUT2D eigenvalue weighted by atomic mass is 10.2. The molecular weight excluding hydrogens is 384 g/mol. The average Bonchev–Trinajstić information content (AvgIpc) is 2.74. The first-order valence-electron chi connectivity index (χ1n) is 9.63. The Bertz CT molecular complexity index is 964. The van der Waals surface area contributed by atoms with Crippen molar-refractivity contribution in [2.75, 3.05) is 48.3 Å². The van der Waals surface area contributed by atoms with Gasteiger partial charge in [-0.15, -0.1) is 0 Å². The average molecular weight is 408 g/mol. The van der Waals surface area contributed by atoms with Crippen LogP contribution in [0.15, 0.2) is 30.5 Å². The molecule has 10 heteroatoms. The lowest BCUT2D eigenvalue weighted by Crippen LogP contribution is -2.48. The van der Waals surface area contributed by atoms with Crippen LogP contribution in [0.5, 0.6) is 0 Å². The van der Waals surface area contributed by atoms with Gasteiger partial charge in [-0.2, -0.15) is 10.2 Å². The van der Waals surface area contributed by atoms with Gasteiger partial charge in [-0.1, -0.05) is 6.07 Å². The highest BCUT2D eigenvalue weighted by molar-refractivity contribution is 5.97. The van der Waals surface area contributed by atoms with E-state index in [1.54, 1.807) is 6.92 Å². The highest BCUT2D eigenvalue weighted by Crippen LogP contribution is 2.23. The number of rotatable bonds is 7. The Hall–Kier alpha value is -3.87. The van der Waals surface area contributed by atoms with E-state index in [0.717, 1.165) is 24.5 Å². The molecule has 1 saturated heterocycles. The van der Waals surface area contributed by atoms with Gasteiger partial charge in [0.05, 0.1) is 18.1 Å². The Labute approximate surface area is 174 Å². The van der Waals surface area contributed by atoms with E-state index in [9.17, 15) is 9.59 Å². The Balaban J connectivity index is 1.73. The number of nitrogens with zero attached hydrogens (tertiary/aromatic N) is 5. The van der Waals surface area contributed by atoms with Gasteiger partial charge in [-0.05, 0) is 18.2 Å². The number of carbonyl (C=O) groups is 2. The third-order valence-corrected chi connectivity index (χ3v) is 4.78. The summed E-state index contributed by atoms with van der Waals surface area (Å²) in [6.07, 6.45) is 1.63. The summed E-state index contributed by atoms with van der Waals surface area (Å²) in [6.45, 7) is 4.85. The molecule has 0 saturated carbocycles. The van der Waals surface area contributed by atoms with Crippen LogP contribution < -0.4 is 21.3 Å². The van der Waals surface area contributed by atoms with Crippen molar-refractivity contribution < 1.29 is 9.59 Å². The molecule has 0 radical (unpaired) electrons. The minimum Gasteiger partial charge on any atom is -0.368 e. The van der Waals surface area contributed by atoms with Crippen LogP contribution in [0.4, 0.5) is 23.1 Å². The molecule has 2 amide bonds. The summed E-state index contributed by atoms with van der Waals surface area (Å²) in [7, 11) is 0. The lowest BCUT2D eigenvalue weighted by molar-refractivity contribution is -0.129. The third-order valence-electron chi connectivity index (χ3n) is 4.78. The first-order chi connectivity index (χ1) is 14.5. The van der Waals surface area contributed by atoms with Crippen LogP contribution in [0, 0.1) is 11.3 Å². The van der Waals surface area contributed by atoms with Crippen LogP contribution in [-0.2, 0) is 4.79 Å². The molecule has 0 spiro atoms. The second kappa shape index (κ2) is 9.56. The van der Waals surface area contributed by atoms with Crippen LogP contribution in [-0.4, -0.2) is 59.4 Å². The van der Waals surface area contributed by atoms with E-state index in [0.29, 0.717) is 25.6 Å². The number of nitriles is 1. The number of hydrogen-bond acceptors (Lipinski definition) is 8. The number of aromatic nitrogens is 2. The molecule has 1 aliphatic rings. The first kappa shape index (κ1) is 20.9. The standard InChI is InChI=1S/C20H24N8O2/c1-14(29)27-8-10-28(11-9-27)16-5-2-4-15(12-16)25-20-24-13-17(18(22)30)19(26-20)23-7-3-6-21/h2,4-5,12-13H,3,7-11H2,1H3,(H2,22,30)(H2,23,24,25,26). The number of amides is 2. The molecule has 1 aliphatic heterocycles. The first-order valence-corrected chi connectivity index (χ1v) is 9.63. The molecule has 156 valence electrons. The van der Waals surface area contributed by atoms with Crippen LogP contribution >= 0.6 is 0 Å². The Morgan fingerprint density at radius 1 is 1.27 bits per heavy atom. The maximum Gasteiger partial charge on any atom is 0.254 e. The van der Waals surface area contributed by atoms with Crippen molar-refractivity contribution in [3.05, 3.63) is 36.0 Å². The van der Waals surface area contributed by atoms with Crippen molar-refractivity contribution in [2.45, 2.75) is 13.3 Å². The number of nitrogens with two attached hydrogens (primary N) is 1. The van der Waals surface area contributed by atoms with Gasteiger partial charge in [0.2, 0.25) is 11.9 Å². The van der Waals surface area contributed by atoms with Gasteiger partial charge >= 0.3 is 0 Å². The van der Waals surface area contributed by atoms with Crippen LogP contribution in [0.3, 0.4) is 0 Å². The summed E-state index contributed by atoms with van der Waals surface area (Å²) in [5.41, 5.74) is 7.36. The summed E-state index contributed by atoms with van der Waals surface area (Å²) in [6, 6.07) is 9.84. The largest absolute Gasteiger partial charge is 0.368 e. The van der Waals surface area contributed by atoms with Crippen molar-refractivity contribution in [3.63, 3.8) is 0 Å². The van der Waals surface area contributed by atoms with Crippen molar-refractivity contribution >= 4 is 35.0 Å². The van der Waals surface area contributed by atoms with Gasteiger partial charge in [0, 0.05) is 57.2 Å². The van der Waals surface area contributed by atoms with Gasteiger partial charge in [-0.3, -0.25) is 9.59 Å². The zero-order valence-corrected chi connectivity index (χ0v) is 16.8. The normalized spacial score (nSPS) is 13.5. The Kier molecular flexibility index (Phi) is 6.64. The fourth-order valence-corrected chi connectivity index (χ4v) is 3.18. The molecular formula is C20H24N8O2.